The molecule has 1 heterocycles. The maximum absolute atomic E-state index is 8.65. The number of methoxy groups -OCH3 is 1. The molecule has 1 unspecified atom stereocenters. The van der Waals surface area contributed by atoms with E-state index in [1.165, 1.54) is 0 Å². The van der Waals surface area contributed by atoms with Crippen molar-refractivity contribution >= 4 is 5.84 Å². The maximum atomic E-state index is 8.65. The summed E-state index contributed by atoms with van der Waals surface area (Å²) >= 11 is 0. The van der Waals surface area contributed by atoms with Gasteiger partial charge in [0.1, 0.15) is 5.75 Å². The first-order valence-electron chi connectivity index (χ1n) is 5.67. The molecule has 0 spiro atoms. The molecule has 100 valence electrons. The van der Waals surface area contributed by atoms with Gasteiger partial charge in [0.2, 0.25) is 0 Å². The SMILES string of the molecule is COc1cc(C)nc(CN(C)C(C)/C(N)=N/O)c1. The molecule has 0 fully saturated rings. The molecule has 6 nitrogen and oxygen atoms in total. The van der Waals surface area contributed by atoms with E-state index in [2.05, 4.69) is 10.1 Å². The number of hydrogen-bond acceptors (Lipinski definition) is 5. The van der Waals surface area contributed by atoms with Gasteiger partial charge < -0.3 is 15.7 Å². The third-order valence-corrected chi connectivity index (χ3v) is 2.83. The van der Waals surface area contributed by atoms with Crippen molar-refractivity contribution in [1.82, 2.24) is 9.88 Å². The minimum absolute atomic E-state index is 0.164. The van der Waals surface area contributed by atoms with E-state index in [1.807, 2.05) is 37.9 Å². The lowest BCUT2D eigenvalue weighted by atomic mass is 10.2. The van der Waals surface area contributed by atoms with Gasteiger partial charge in [-0.15, -0.1) is 0 Å². The monoisotopic (exact) mass is 252 g/mol. The van der Waals surface area contributed by atoms with Crippen LogP contribution in [0, 0.1) is 6.92 Å². The first-order chi connectivity index (χ1) is 8.47. The molecule has 1 atom stereocenters. The van der Waals surface area contributed by atoms with Crippen LogP contribution in [-0.2, 0) is 6.54 Å². The smallest absolute Gasteiger partial charge is 0.156 e. The van der Waals surface area contributed by atoms with Gasteiger partial charge in [-0.1, -0.05) is 5.16 Å². The number of aromatic nitrogens is 1. The molecule has 0 saturated heterocycles. The third kappa shape index (κ3) is 3.59. The summed E-state index contributed by atoms with van der Waals surface area (Å²) in [6, 6.07) is 3.59. The number of rotatable bonds is 5. The molecule has 1 aromatic rings. The van der Waals surface area contributed by atoms with E-state index in [0.717, 1.165) is 17.1 Å². The highest BCUT2D eigenvalue weighted by Crippen LogP contribution is 2.15. The fourth-order valence-electron chi connectivity index (χ4n) is 1.60. The Kier molecular flexibility index (Phi) is 4.91. The molecule has 0 aliphatic heterocycles. The summed E-state index contributed by atoms with van der Waals surface area (Å²) in [5.74, 6) is 0.958. The number of aryl methyl sites for hydroxylation is 1. The fourth-order valence-corrected chi connectivity index (χ4v) is 1.60. The number of pyridine rings is 1. The van der Waals surface area contributed by atoms with Gasteiger partial charge >= 0.3 is 0 Å². The van der Waals surface area contributed by atoms with Crippen molar-refractivity contribution in [1.29, 1.82) is 0 Å². The van der Waals surface area contributed by atoms with Gasteiger partial charge in [-0.2, -0.15) is 0 Å². The van der Waals surface area contributed by atoms with E-state index in [4.69, 9.17) is 15.7 Å². The lowest BCUT2D eigenvalue weighted by Crippen LogP contribution is -2.40. The van der Waals surface area contributed by atoms with Crippen molar-refractivity contribution in [3.05, 3.63) is 23.5 Å². The minimum Gasteiger partial charge on any atom is -0.497 e. The summed E-state index contributed by atoms with van der Waals surface area (Å²) in [5.41, 5.74) is 7.35. The van der Waals surface area contributed by atoms with Gasteiger partial charge in [0.05, 0.1) is 18.8 Å². The second-order valence-electron chi connectivity index (χ2n) is 4.26. The minimum atomic E-state index is -0.164. The lowest BCUT2D eigenvalue weighted by Gasteiger charge is -2.23. The summed E-state index contributed by atoms with van der Waals surface area (Å²) in [6.07, 6.45) is 0. The maximum Gasteiger partial charge on any atom is 0.156 e. The predicted molar refractivity (Wildman–Crippen MR) is 69.9 cm³/mol. The van der Waals surface area contributed by atoms with Crippen LogP contribution in [0.2, 0.25) is 0 Å². The number of oxime groups is 1. The van der Waals surface area contributed by atoms with Crippen LogP contribution in [0.15, 0.2) is 17.3 Å². The van der Waals surface area contributed by atoms with E-state index in [9.17, 15) is 0 Å². The Bertz CT molecular complexity index is 434. The Hall–Kier alpha value is -1.82. The van der Waals surface area contributed by atoms with Crippen molar-refractivity contribution in [2.45, 2.75) is 26.4 Å². The van der Waals surface area contributed by atoms with Gasteiger partial charge in [0.15, 0.2) is 5.84 Å². The highest BCUT2D eigenvalue weighted by molar-refractivity contribution is 5.84. The van der Waals surface area contributed by atoms with E-state index < -0.39 is 0 Å². The molecule has 1 aromatic heterocycles. The summed E-state index contributed by atoms with van der Waals surface area (Å²) in [7, 11) is 3.51. The van der Waals surface area contributed by atoms with E-state index in [1.54, 1.807) is 7.11 Å². The second-order valence-corrected chi connectivity index (χ2v) is 4.26. The highest BCUT2D eigenvalue weighted by atomic mass is 16.5. The first kappa shape index (κ1) is 14.2. The van der Waals surface area contributed by atoms with Crippen LogP contribution >= 0.6 is 0 Å². The van der Waals surface area contributed by atoms with Crippen LogP contribution in [0.5, 0.6) is 5.75 Å². The zero-order valence-electron chi connectivity index (χ0n) is 11.2. The Morgan fingerprint density at radius 1 is 1.61 bits per heavy atom. The Labute approximate surface area is 107 Å². The van der Waals surface area contributed by atoms with Crippen LogP contribution < -0.4 is 10.5 Å². The van der Waals surface area contributed by atoms with Crippen molar-refractivity contribution in [3.63, 3.8) is 0 Å². The summed E-state index contributed by atoms with van der Waals surface area (Å²) < 4.78 is 5.20. The number of nitrogens with two attached hydrogens (primary N) is 1. The van der Waals surface area contributed by atoms with E-state index in [0.29, 0.717) is 6.54 Å². The van der Waals surface area contributed by atoms with Crippen molar-refractivity contribution < 1.29 is 9.94 Å². The molecule has 0 amide bonds. The molecule has 3 N–H and O–H groups in total. The van der Waals surface area contributed by atoms with Crippen LogP contribution in [0.25, 0.3) is 0 Å². The molecular formula is C12H20N4O2. The molecule has 0 bridgehead atoms. The average molecular weight is 252 g/mol. The highest BCUT2D eigenvalue weighted by Gasteiger charge is 2.15. The average Bonchev–Trinajstić information content (AvgIpc) is 2.35. The lowest BCUT2D eigenvalue weighted by molar-refractivity contribution is 0.276. The zero-order valence-corrected chi connectivity index (χ0v) is 11.2. The van der Waals surface area contributed by atoms with Crippen LogP contribution in [0.1, 0.15) is 18.3 Å². The van der Waals surface area contributed by atoms with Crippen molar-refractivity contribution in [2.24, 2.45) is 10.9 Å². The largest absolute Gasteiger partial charge is 0.497 e. The fraction of sp³-hybridized carbons (Fsp3) is 0.500. The standard InChI is InChI=1S/C12H20N4O2/c1-8-5-11(18-4)6-10(14-8)7-16(3)9(2)12(13)15-17/h5-6,9,17H,7H2,1-4H3,(H2,13,15). The van der Waals surface area contributed by atoms with Crippen LogP contribution in [-0.4, -0.2) is 41.1 Å². The normalized spacial score (nSPS) is 13.7. The quantitative estimate of drug-likeness (QED) is 0.353. The first-order valence-corrected chi connectivity index (χ1v) is 5.67. The Morgan fingerprint density at radius 3 is 2.83 bits per heavy atom. The molecule has 6 heteroatoms. The Balaban J connectivity index is 2.81. The number of amidine groups is 1. The molecular weight excluding hydrogens is 232 g/mol. The van der Waals surface area contributed by atoms with Crippen molar-refractivity contribution in [3.8, 4) is 5.75 Å². The van der Waals surface area contributed by atoms with E-state index >= 15 is 0 Å². The van der Waals surface area contributed by atoms with Gasteiger partial charge in [-0.25, -0.2) is 0 Å². The second kappa shape index (κ2) is 6.20. The number of hydrogen-bond donors (Lipinski definition) is 2. The topological polar surface area (TPSA) is 84.0 Å². The molecule has 0 aliphatic rings. The molecule has 0 aromatic carbocycles. The predicted octanol–water partition coefficient (Wildman–Crippen LogP) is 0.965. The van der Waals surface area contributed by atoms with Crippen molar-refractivity contribution in [2.75, 3.05) is 14.2 Å². The summed E-state index contributed by atoms with van der Waals surface area (Å²) in [4.78, 5) is 6.37. The zero-order chi connectivity index (χ0) is 13.7. The van der Waals surface area contributed by atoms with Gasteiger partial charge in [0.25, 0.3) is 0 Å². The van der Waals surface area contributed by atoms with Gasteiger partial charge in [0, 0.05) is 24.4 Å². The summed E-state index contributed by atoms with van der Waals surface area (Å²) in [6.45, 7) is 4.37. The third-order valence-electron chi connectivity index (χ3n) is 2.83. The molecule has 18 heavy (non-hydrogen) atoms. The molecule has 0 aliphatic carbocycles. The van der Waals surface area contributed by atoms with E-state index in [-0.39, 0.29) is 11.9 Å². The molecule has 0 saturated carbocycles. The molecule has 0 radical (unpaired) electrons. The van der Waals surface area contributed by atoms with Crippen LogP contribution in [0.4, 0.5) is 0 Å². The summed E-state index contributed by atoms with van der Waals surface area (Å²) in [5, 5.41) is 11.7. The van der Waals surface area contributed by atoms with Gasteiger partial charge in [-0.05, 0) is 20.9 Å². The molecule has 1 rings (SSSR count). The van der Waals surface area contributed by atoms with Crippen LogP contribution in [0.3, 0.4) is 0 Å². The Morgan fingerprint density at radius 2 is 2.28 bits per heavy atom. The number of ether oxygens (including phenoxy) is 1. The van der Waals surface area contributed by atoms with Gasteiger partial charge in [-0.3, -0.25) is 9.88 Å². The number of likely N-dealkylation sites (N-methyl/N-ethyl adjacent to an activating group) is 1. The number of nitrogens with zero attached hydrogens (tertiary/aromatic N) is 3.